The van der Waals surface area contributed by atoms with Crippen molar-refractivity contribution < 1.29 is 4.92 Å². The second kappa shape index (κ2) is 6.54. The quantitative estimate of drug-likeness (QED) is 0.655. The number of nitro benzene ring substituents is 1. The van der Waals surface area contributed by atoms with Gasteiger partial charge >= 0.3 is 0 Å². The highest BCUT2D eigenvalue weighted by Crippen LogP contribution is 2.22. The summed E-state index contributed by atoms with van der Waals surface area (Å²) >= 11 is 0. The summed E-state index contributed by atoms with van der Waals surface area (Å²) in [5.74, 6) is 0. The lowest BCUT2D eigenvalue weighted by Gasteiger charge is -2.08. The Balaban J connectivity index is 2.15. The topological polar surface area (TPSA) is 74.1 Å². The Hall–Kier alpha value is -2.14. The van der Waals surface area contributed by atoms with Crippen LogP contribution in [0.3, 0.4) is 0 Å². The van der Waals surface area contributed by atoms with Crippen molar-refractivity contribution in [1.29, 1.82) is 0 Å². The van der Waals surface area contributed by atoms with Gasteiger partial charge in [-0.05, 0) is 37.0 Å². The standard InChI is InChI=1S/C16H21N3O2/c1-3-15(17)9-13-7-8-18(10-13)11-14-5-4-6-16(12(14)2)19(20)21/h4-8,10,15H,3,9,11,17H2,1-2H3. The van der Waals surface area contributed by atoms with E-state index in [1.807, 2.05) is 16.8 Å². The molecule has 1 atom stereocenters. The molecule has 0 radical (unpaired) electrons. The molecule has 0 fully saturated rings. The van der Waals surface area contributed by atoms with Crippen LogP contribution in [0.15, 0.2) is 36.7 Å². The predicted octanol–water partition coefficient (Wildman–Crippen LogP) is 3.03. The van der Waals surface area contributed by atoms with E-state index in [0.717, 1.165) is 24.0 Å². The Bertz CT molecular complexity index is 634. The SMILES string of the molecule is CCC(N)Cc1ccn(Cc2cccc([N+](=O)[O-])c2C)c1. The monoisotopic (exact) mass is 287 g/mol. The van der Waals surface area contributed by atoms with Crippen LogP contribution in [0.4, 0.5) is 5.69 Å². The molecular formula is C16H21N3O2. The fourth-order valence-corrected chi connectivity index (χ4v) is 2.39. The fraction of sp³-hybridized carbons (Fsp3) is 0.375. The summed E-state index contributed by atoms with van der Waals surface area (Å²) in [4.78, 5) is 10.6. The molecule has 2 aromatic rings. The van der Waals surface area contributed by atoms with Gasteiger partial charge in [-0.2, -0.15) is 0 Å². The van der Waals surface area contributed by atoms with Crippen molar-refractivity contribution in [3.8, 4) is 0 Å². The largest absolute Gasteiger partial charge is 0.350 e. The van der Waals surface area contributed by atoms with Crippen LogP contribution in [0.2, 0.25) is 0 Å². The third-order valence-electron chi connectivity index (χ3n) is 3.80. The molecule has 0 amide bonds. The zero-order valence-corrected chi connectivity index (χ0v) is 12.5. The van der Waals surface area contributed by atoms with Crippen molar-refractivity contribution in [1.82, 2.24) is 4.57 Å². The highest BCUT2D eigenvalue weighted by molar-refractivity contribution is 5.44. The lowest BCUT2D eigenvalue weighted by atomic mass is 10.1. The molecule has 112 valence electrons. The first-order valence-corrected chi connectivity index (χ1v) is 7.14. The molecule has 5 nitrogen and oxygen atoms in total. The normalized spacial score (nSPS) is 12.3. The molecule has 0 spiro atoms. The Morgan fingerprint density at radius 1 is 1.38 bits per heavy atom. The van der Waals surface area contributed by atoms with E-state index in [2.05, 4.69) is 19.2 Å². The highest BCUT2D eigenvalue weighted by atomic mass is 16.6. The van der Waals surface area contributed by atoms with Crippen LogP contribution in [0, 0.1) is 17.0 Å². The summed E-state index contributed by atoms with van der Waals surface area (Å²) in [6.45, 7) is 4.51. The number of benzene rings is 1. The molecule has 0 saturated carbocycles. The molecule has 1 aromatic carbocycles. The molecule has 1 aromatic heterocycles. The average molecular weight is 287 g/mol. The third kappa shape index (κ3) is 3.70. The number of nitro groups is 1. The van der Waals surface area contributed by atoms with E-state index < -0.39 is 0 Å². The first-order chi connectivity index (χ1) is 10.0. The van der Waals surface area contributed by atoms with Crippen molar-refractivity contribution in [2.24, 2.45) is 5.73 Å². The third-order valence-corrected chi connectivity index (χ3v) is 3.80. The van der Waals surface area contributed by atoms with Gasteiger partial charge in [-0.25, -0.2) is 0 Å². The van der Waals surface area contributed by atoms with Gasteiger partial charge < -0.3 is 10.3 Å². The summed E-state index contributed by atoms with van der Waals surface area (Å²) in [5.41, 5.74) is 9.02. The summed E-state index contributed by atoms with van der Waals surface area (Å²) in [7, 11) is 0. The van der Waals surface area contributed by atoms with Gasteiger partial charge in [0.25, 0.3) is 5.69 Å². The number of hydrogen-bond acceptors (Lipinski definition) is 3. The van der Waals surface area contributed by atoms with Gasteiger partial charge in [-0.1, -0.05) is 19.1 Å². The minimum absolute atomic E-state index is 0.174. The molecule has 0 bridgehead atoms. The highest BCUT2D eigenvalue weighted by Gasteiger charge is 2.13. The van der Waals surface area contributed by atoms with E-state index in [1.165, 1.54) is 5.56 Å². The van der Waals surface area contributed by atoms with Gasteiger partial charge in [0.05, 0.1) is 4.92 Å². The maximum atomic E-state index is 11.0. The molecule has 2 rings (SSSR count). The predicted molar refractivity (Wildman–Crippen MR) is 83.3 cm³/mol. The van der Waals surface area contributed by atoms with Crippen LogP contribution in [-0.2, 0) is 13.0 Å². The number of rotatable bonds is 6. The molecule has 5 heteroatoms. The summed E-state index contributed by atoms with van der Waals surface area (Å²) in [5, 5.41) is 11.0. The van der Waals surface area contributed by atoms with E-state index >= 15 is 0 Å². The van der Waals surface area contributed by atoms with Gasteiger partial charge in [0.1, 0.15) is 0 Å². The molecule has 2 N–H and O–H groups in total. The molecule has 0 saturated heterocycles. The molecule has 0 aliphatic rings. The zero-order chi connectivity index (χ0) is 15.4. The first-order valence-electron chi connectivity index (χ1n) is 7.14. The average Bonchev–Trinajstić information content (AvgIpc) is 2.88. The van der Waals surface area contributed by atoms with Crippen LogP contribution in [0.1, 0.15) is 30.0 Å². The van der Waals surface area contributed by atoms with Crippen molar-refractivity contribution in [3.05, 3.63) is 63.5 Å². The lowest BCUT2D eigenvalue weighted by Crippen LogP contribution is -2.21. The van der Waals surface area contributed by atoms with Crippen molar-refractivity contribution in [2.75, 3.05) is 0 Å². The van der Waals surface area contributed by atoms with Crippen LogP contribution in [0.5, 0.6) is 0 Å². The van der Waals surface area contributed by atoms with Gasteiger partial charge in [-0.3, -0.25) is 10.1 Å². The van der Waals surface area contributed by atoms with Crippen LogP contribution in [0.25, 0.3) is 0 Å². The molecule has 1 unspecified atom stereocenters. The van der Waals surface area contributed by atoms with Gasteiger partial charge in [0.15, 0.2) is 0 Å². The number of aromatic nitrogens is 1. The molecule has 0 aliphatic carbocycles. The lowest BCUT2D eigenvalue weighted by molar-refractivity contribution is -0.385. The zero-order valence-electron chi connectivity index (χ0n) is 12.5. The Morgan fingerprint density at radius 3 is 2.81 bits per heavy atom. The van der Waals surface area contributed by atoms with E-state index in [1.54, 1.807) is 19.1 Å². The van der Waals surface area contributed by atoms with Crippen molar-refractivity contribution in [2.45, 2.75) is 39.3 Å². The van der Waals surface area contributed by atoms with Gasteiger partial charge in [-0.15, -0.1) is 0 Å². The Kier molecular flexibility index (Phi) is 4.75. The number of nitrogens with two attached hydrogens (primary N) is 1. The van der Waals surface area contributed by atoms with E-state index in [-0.39, 0.29) is 16.7 Å². The van der Waals surface area contributed by atoms with Crippen molar-refractivity contribution >= 4 is 5.69 Å². The molecule has 0 aliphatic heterocycles. The van der Waals surface area contributed by atoms with Gasteiger partial charge in [0.2, 0.25) is 0 Å². The maximum absolute atomic E-state index is 11.0. The van der Waals surface area contributed by atoms with Gasteiger partial charge in [0, 0.05) is 36.6 Å². The minimum atomic E-state index is -0.333. The number of nitrogens with zero attached hydrogens (tertiary/aromatic N) is 2. The molecular weight excluding hydrogens is 266 g/mol. The maximum Gasteiger partial charge on any atom is 0.272 e. The van der Waals surface area contributed by atoms with Crippen LogP contribution < -0.4 is 5.73 Å². The summed E-state index contributed by atoms with van der Waals surface area (Å²) < 4.78 is 2.05. The first kappa shape index (κ1) is 15.3. The van der Waals surface area contributed by atoms with Crippen molar-refractivity contribution in [3.63, 3.8) is 0 Å². The smallest absolute Gasteiger partial charge is 0.272 e. The molecule has 21 heavy (non-hydrogen) atoms. The van der Waals surface area contributed by atoms with E-state index in [4.69, 9.17) is 5.73 Å². The van der Waals surface area contributed by atoms with Crippen LogP contribution in [-0.4, -0.2) is 15.5 Å². The fourth-order valence-electron chi connectivity index (χ4n) is 2.39. The summed E-state index contributed by atoms with van der Waals surface area (Å²) in [6, 6.07) is 7.44. The minimum Gasteiger partial charge on any atom is -0.350 e. The number of hydrogen-bond donors (Lipinski definition) is 1. The van der Waals surface area contributed by atoms with E-state index in [0.29, 0.717) is 6.54 Å². The molecule has 1 heterocycles. The second-order valence-corrected chi connectivity index (χ2v) is 5.38. The van der Waals surface area contributed by atoms with Crippen LogP contribution >= 0.6 is 0 Å². The van der Waals surface area contributed by atoms with E-state index in [9.17, 15) is 10.1 Å². The Labute approximate surface area is 124 Å². The second-order valence-electron chi connectivity index (χ2n) is 5.38. The Morgan fingerprint density at radius 2 is 2.14 bits per heavy atom. The summed E-state index contributed by atoms with van der Waals surface area (Å²) in [6.07, 6.45) is 5.87.